The van der Waals surface area contributed by atoms with Crippen LogP contribution in [-0.2, 0) is 23.1 Å². The number of anilines is 2. The predicted octanol–water partition coefficient (Wildman–Crippen LogP) is 3.24. The van der Waals surface area contributed by atoms with E-state index in [2.05, 4.69) is 39.9 Å². The molecule has 0 atom stereocenters. The van der Waals surface area contributed by atoms with E-state index in [1.807, 2.05) is 13.0 Å². The van der Waals surface area contributed by atoms with Gasteiger partial charge in [0.25, 0.3) is 0 Å². The van der Waals surface area contributed by atoms with Crippen molar-refractivity contribution in [3.63, 3.8) is 0 Å². The molecule has 2 N–H and O–H groups in total. The number of amides is 1. The highest BCUT2D eigenvalue weighted by Gasteiger charge is 2.23. The van der Waals surface area contributed by atoms with E-state index in [0.29, 0.717) is 23.3 Å². The number of hydrogen-bond donors (Lipinski definition) is 2. The van der Waals surface area contributed by atoms with Crippen LogP contribution in [0.1, 0.15) is 28.5 Å². The zero-order valence-corrected chi connectivity index (χ0v) is 15.8. The third-order valence-electron chi connectivity index (χ3n) is 4.32. The number of aryl methyl sites for hydroxylation is 2. The lowest BCUT2D eigenvalue weighted by Crippen LogP contribution is -2.13. The first kappa shape index (κ1) is 18.4. The zero-order valence-electron chi connectivity index (χ0n) is 15.8. The van der Waals surface area contributed by atoms with Gasteiger partial charge in [-0.2, -0.15) is 0 Å². The largest absolute Gasteiger partial charge is 0.464 e. The van der Waals surface area contributed by atoms with Gasteiger partial charge in [-0.1, -0.05) is 29.8 Å². The fraction of sp³-hybridized carbons (Fsp3) is 0.250. The molecular weight excluding hydrogens is 344 g/mol. The second kappa shape index (κ2) is 7.49. The number of nitrogens with one attached hydrogen (secondary N) is 2. The van der Waals surface area contributed by atoms with Gasteiger partial charge in [0.1, 0.15) is 5.65 Å². The van der Waals surface area contributed by atoms with Gasteiger partial charge in [0.2, 0.25) is 5.91 Å². The number of fused-ring (bicyclic) bond motifs is 1. The van der Waals surface area contributed by atoms with Crippen molar-refractivity contribution in [2.75, 3.05) is 17.7 Å². The molecule has 0 unspecified atom stereocenters. The molecule has 0 saturated carbocycles. The maximum absolute atomic E-state index is 12.2. The van der Waals surface area contributed by atoms with E-state index in [4.69, 9.17) is 4.74 Å². The molecule has 27 heavy (non-hydrogen) atoms. The fourth-order valence-corrected chi connectivity index (χ4v) is 2.95. The topological polar surface area (TPSA) is 85.2 Å². The highest BCUT2D eigenvalue weighted by Crippen LogP contribution is 2.31. The average Bonchev–Trinajstić information content (AvgIpc) is 2.91. The van der Waals surface area contributed by atoms with Gasteiger partial charge in [-0.15, -0.1) is 0 Å². The number of carbonyl (C=O) groups is 2. The lowest BCUT2D eigenvalue weighted by molar-refractivity contribution is -0.114. The Morgan fingerprint density at radius 3 is 2.56 bits per heavy atom. The summed E-state index contributed by atoms with van der Waals surface area (Å²) in [6.45, 7) is 4.08. The second-order valence-corrected chi connectivity index (χ2v) is 6.39. The normalized spacial score (nSPS) is 10.7. The summed E-state index contributed by atoms with van der Waals surface area (Å²) in [5, 5.41) is 6.72. The smallest absolute Gasteiger partial charge is 0.356 e. The molecule has 0 spiro atoms. The zero-order chi connectivity index (χ0) is 19.6. The van der Waals surface area contributed by atoms with Gasteiger partial charge < -0.3 is 19.9 Å². The SMILES string of the molecule is COC(=O)c1c(NC(C)=O)c2cc(NCc3ccc(C)cc3)cnc2n1C. The Kier molecular flexibility index (Phi) is 5.12. The Bertz CT molecular complexity index is 1010. The summed E-state index contributed by atoms with van der Waals surface area (Å²) in [7, 11) is 3.02. The van der Waals surface area contributed by atoms with Crippen LogP contribution >= 0.6 is 0 Å². The third-order valence-corrected chi connectivity index (χ3v) is 4.32. The van der Waals surface area contributed by atoms with Crippen molar-refractivity contribution in [3.8, 4) is 0 Å². The first-order valence-electron chi connectivity index (χ1n) is 8.54. The van der Waals surface area contributed by atoms with Gasteiger partial charge in [-0.25, -0.2) is 9.78 Å². The number of methoxy groups -OCH3 is 1. The standard InChI is InChI=1S/C20H22N4O3/c1-12-5-7-14(8-6-12)10-21-15-9-16-17(23-13(2)25)18(20(26)27-4)24(3)19(16)22-11-15/h5-9,11,21H,10H2,1-4H3,(H,23,25). The van der Waals surface area contributed by atoms with Crippen LogP contribution in [0.25, 0.3) is 11.0 Å². The number of carbonyl (C=O) groups excluding carboxylic acids is 2. The van der Waals surface area contributed by atoms with Gasteiger partial charge in [0.15, 0.2) is 5.69 Å². The molecule has 7 nitrogen and oxygen atoms in total. The highest BCUT2D eigenvalue weighted by atomic mass is 16.5. The Hall–Kier alpha value is -3.35. The molecule has 2 aromatic heterocycles. The summed E-state index contributed by atoms with van der Waals surface area (Å²) in [5.74, 6) is -0.806. The van der Waals surface area contributed by atoms with E-state index in [1.54, 1.807) is 17.8 Å². The van der Waals surface area contributed by atoms with Crippen molar-refractivity contribution < 1.29 is 14.3 Å². The van der Waals surface area contributed by atoms with Gasteiger partial charge in [-0.3, -0.25) is 4.79 Å². The van der Waals surface area contributed by atoms with E-state index in [-0.39, 0.29) is 11.6 Å². The van der Waals surface area contributed by atoms with Crippen LogP contribution in [-0.4, -0.2) is 28.5 Å². The first-order valence-corrected chi connectivity index (χ1v) is 8.54. The number of nitrogens with zero attached hydrogens (tertiary/aromatic N) is 2. The minimum absolute atomic E-state index is 0.255. The van der Waals surface area contributed by atoms with Crippen molar-refractivity contribution in [2.24, 2.45) is 7.05 Å². The van der Waals surface area contributed by atoms with E-state index in [0.717, 1.165) is 11.3 Å². The number of rotatable bonds is 5. The van der Waals surface area contributed by atoms with E-state index >= 15 is 0 Å². The molecule has 0 aliphatic rings. The van der Waals surface area contributed by atoms with Crippen LogP contribution < -0.4 is 10.6 Å². The van der Waals surface area contributed by atoms with Crippen molar-refractivity contribution >= 4 is 34.3 Å². The summed E-state index contributed by atoms with van der Waals surface area (Å²) in [6, 6.07) is 10.1. The van der Waals surface area contributed by atoms with Crippen LogP contribution in [0.4, 0.5) is 11.4 Å². The molecule has 3 rings (SSSR count). The van der Waals surface area contributed by atoms with Crippen LogP contribution in [0.15, 0.2) is 36.5 Å². The minimum Gasteiger partial charge on any atom is -0.464 e. The average molecular weight is 366 g/mol. The van der Waals surface area contributed by atoms with Gasteiger partial charge in [0, 0.05) is 25.9 Å². The number of hydrogen-bond acceptors (Lipinski definition) is 5. The Morgan fingerprint density at radius 1 is 1.22 bits per heavy atom. The van der Waals surface area contributed by atoms with Crippen molar-refractivity contribution in [1.82, 2.24) is 9.55 Å². The fourth-order valence-electron chi connectivity index (χ4n) is 2.95. The lowest BCUT2D eigenvalue weighted by atomic mass is 10.1. The number of aromatic nitrogens is 2. The van der Waals surface area contributed by atoms with E-state index in [9.17, 15) is 9.59 Å². The monoisotopic (exact) mass is 366 g/mol. The Labute approximate surface area is 157 Å². The molecule has 2 heterocycles. The summed E-state index contributed by atoms with van der Waals surface area (Å²) in [6.07, 6.45) is 1.70. The van der Waals surface area contributed by atoms with Gasteiger partial charge in [-0.05, 0) is 18.6 Å². The minimum atomic E-state index is -0.534. The Morgan fingerprint density at radius 2 is 1.93 bits per heavy atom. The van der Waals surface area contributed by atoms with Gasteiger partial charge >= 0.3 is 5.97 Å². The Balaban J connectivity index is 1.98. The van der Waals surface area contributed by atoms with Crippen molar-refractivity contribution in [1.29, 1.82) is 0 Å². The lowest BCUT2D eigenvalue weighted by Gasteiger charge is -2.08. The molecule has 1 aromatic carbocycles. The maximum Gasteiger partial charge on any atom is 0.356 e. The summed E-state index contributed by atoms with van der Waals surface area (Å²) < 4.78 is 6.48. The molecule has 0 bridgehead atoms. The first-order chi connectivity index (χ1) is 12.9. The molecule has 3 aromatic rings. The van der Waals surface area contributed by atoms with Crippen molar-refractivity contribution in [2.45, 2.75) is 20.4 Å². The molecule has 0 saturated heterocycles. The molecule has 0 fully saturated rings. The molecular formula is C20H22N4O3. The van der Waals surface area contributed by atoms with Crippen LogP contribution in [0, 0.1) is 6.92 Å². The molecule has 0 aliphatic heterocycles. The van der Waals surface area contributed by atoms with E-state index in [1.165, 1.54) is 19.6 Å². The quantitative estimate of drug-likeness (QED) is 0.677. The van der Waals surface area contributed by atoms with Crippen LogP contribution in [0.2, 0.25) is 0 Å². The van der Waals surface area contributed by atoms with Crippen molar-refractivity contribution in [3.05, 3.63) is 53.3 Å². The molecule has 0 radical (unpaired) electrons. The van der Waals surface area contributed by atoms with E-state index < -0.39 is 5.97 Å². The maximum atomic E-state index is 12.2. The summed E-state index contributed by atoms with van der Waals surface area (Å²) in [5.41, 5.74) is 4.38. The summed E-state index contributed by atoms with van der Waals surface area (Å²) in [4.78, 5) is 28.3. The molecule has 140 valence electrons. The van der Waals surface area contributed by atoms with Gasteiger partial charge in [0.05, 0.1) is 24.7 Å². The molecule has 7 heteroatoms. The summed E-state index contributed by atoms with van der Waals surface area (Å²) >= 11 is 0. The predicted molar refractivity (Wildman–Crippen MR) is 105 cm³/mol. The number of benzene rings is 1. The molecule has 0 aliphatic carbocycles. The van der Waals surface area contributed by atoms with Crippen LogP contribution in [0.5, 0.6) is 0 Å². The number of pyridine rings is 1. The highest BCUT2D eigenvalue weighted by molar-refractivity contribution is 6.10. The number of esters is 1. The third kappa shape index (κ3) is 3.76. The van der Waals surface area contributed by atoms with Crippen LogP contribution in [0.3, 0.4) is 0 Å². The number of ether oxygens (including phenoxy) is 1. The second-order valence-electron chi connectivity index (χ2n) is 6.39. The molecule has 1 amide bonds.